The van der Waals surface area contributed by atoms with Gasteiger partial charge < -0.3 is 9.47 Å². The number of rotatable bonds is 6. The molecule has 1 aromatic heterocycles. The van der Waals surface area contributed by atoms with E-state index in [1.807, 2.05) is 48.5 Å². The molecule has 0 N–H and O–H groups in total. The van der Waals surface area contributed by atoms with Crippen LogP contribution in [0.15, 0.2) is 182 Å². The van der Waals surface area contributed by atoms with Gasteiger partial charge in [-0.1, -0.05) is 154 Å². The quantitative estimate of drug-likeness (QED) is 0.152. The highest BCUT2D eigenvalue weighted by atomic mass is 19.1. The summed E-state index contributed by atoms with van der Waals surface area (Å²) in [6.45, 7) is 11.2. The number of benzene rings is 10. The lowest BCUT2D eigenvalue weighted by molar-refractivity contribution is 0.590. The van der Waals surface area contributed by atoms with Crippen molar-refractivity contribution < 1.29 is 4.39 Å². The maximum absolute atomic E-state index is 17.7. The number of aromatic nitrogens is 1. The van der Waals surface area contributed by atoms with Gasteiger partial charge in [-0.05, 0) is 128 Å². The van der Waals surface area contributed by atoms with E-state index < -0.39 is 0 Å². The molecule has 0 atom stereocenters. The van der Waals surface area contributed by atoms with Gasteiger partial charge in [-0.3, -0.25) is 0 Å². The second-order valence-electron chi connectivity index (χ2n) is 17.5. The van der Waals surface area contributed by atoms with Crippen molar-refractivity contribution in [1.82, 2.24) is 4.57 Å². The van der Waals surface area contributed by atoms with Crippen LogP contribution in [0.1, 0.15) is 37.5 Å². The Morgan fingerprint density at radius 2 is 1.08 bits per heavy atom. The van der Waals surface area contributed by atoms with Gasteiger partial charge in [0, 0.05) is 33.1 Å². The molecule has 0 aliphatic rings. The van der Waals surface area contributed by atoms with Gasteiger partial charge in [0.25, 0.3) is 0 Å². The van der Waals surface area contributed by atoms with E-state index in [9.17, 15) is 0 Å². The summed E-state index contributed by atoms with van der Waals surface area (Å²) in [4.78, 5) is 2.18. The largest absolute Gasteiger partial charge is 0.309 e. The molecule has 61 heavy (non-hydrogen) atoms. The highest BCUT2D eigenvalue weighted by Crippen LogP contribution is 2.51. The maximum atomic E-state index is 17.7. The van der Waals surface area contributed by atoms with Gasteiger partial charge in [-0.2, -0.15) is 0 Å². The topological polar surface area (TPSA) is 8.17 Å². The third-order valence-electron chi connectivity index (χ3n) is 12.8. The first-order chi connectivity index (χ1) is 29.7. The third-order valence-corrected chi connectivity index (χ3v) is 12.8. The molecule has 10 aromatic carbocycles. The van der Waals surface area contributed by atoms with Crippen LogP contribution in [0.2, 0.25) is 0 Å². The van der Waals surface area contributed by atoms with Crippen LogP contribution < -0.4 is 4.90 Å². The van der Waals surface area contributed by atoms with Crippen molar-refractivity contribution in [2.24, 2.45) is 0 Å². The highest BCUT2D eigenvalue weighted by Gasteiger charge is 2.28. The molecule has 11 rings (SSSR count). The number of halogens is 1. The minimum atomic E-state index is -0.283. The molecule has 0 aliphatic carbocycles. The standard InChI is InChI=1S/C58H45FN2/c1-36-33-52(47-31-30-45-37(2)56-55(48-32-29-44(36)53(47)54(45)48)46-23-15-16-24-51(46)60(56)42-21-13-8-14-22-42)61(43-27-25-41(26-28-43)58(3,4)5)57-49(39-19-11-7-12-20-39)34-40(35-50(57)59)38-17-9-6-10-18-38/h6-35H,1-5H3. The van der Waals surface area contributed by atoms with Gasteiger partial charge >= 0.3 is 0 Å². The van der Waals surface area contributed by atoms with Crippen LogP contribution in [0.5, 0.6) is 0 Å². The van der Waals surface area contributed by atoms with Gasteiger partial charge in [0.2, 0.25) is 0 Å². The van der Waals surface area contributed by atoms with Gasteiger partial charge in [0.1, 0.15) is 5.82 Å². The van der Waals surface area contributed by atoms with Crippen molar-refractivity contribution in [3.8, 4) is 27.9 Å². The Morgan fingerprint density at radius 1 is 0.492 bits per heavy atom. The number of hydrogen-bond acceptors (Lipinski definition) is 1. The zero-order valence-corrected chi connectivity index (χ0v) is 35.1. The summed E-state index contributed by atoms with van der Waals surface area (Å²) in [6, 6.07) is 64.0. The Morgan fingerprint density at radius 3 is 1.79 bits per heavy atom. The van der Waals surface area contributed by atoms with Crippen molar-refractivity contribution >= 4 is 71.2 Å². The van der Waals surface area contributed by atoms with Gasteiger partial charge in [0.05, 0.1) is 22.4 Å². The molecule has 1 heterocycles. The smallest absolute Gasteiger partial charge is 0.148 e. The number of para-hydroxylation sites is 2. The Labute approximate surface area is 356 Å². The minimum Gasteiger partial charge on any atom is -0.309 e. The maximum Gasteiger partial charge on any atom is 0.148 e. The first-order valence-corrected chi connectivity index (χ1v) is 21.2. The van der Waals surface area contributed by atoms with Crippen LogP contribution >= 0.6 is 0 Å². The molecule has 3 heteroatoms. The number of aryl methyl sites for hydroxylation is 2. The number of nitrogens with zero attached hydrogens (tertiary/aromatic N) is 2. The van der Waals surface area contributed by atoms with Gasteiger partial charge in [-0.25, -0.2) is 4.39 Å². The summed E-state index contributed by atoms with van der Waals surface area (Å²) in [6.07, 6.45) is 0. The van der Waals surface area contributed by atoms with Crippen LogP contribution in [0.4, 0.5) is 21.5 Å². The van der Waals surface area contributed by atoms with E-state index >= 15 is 4.39 Å². The number of hydrogen-bond donors (Lipinski definition) is 0. The Balaban J connectivity index is 1.26. The van der Waals surface area contributed by atoms with E-state index in [4.69, 9.17) is 0 Å². The monoisotopic (exact) mass is 788 g/mol. The third kappa shape index (κ3) is 5.75. The summed E-state index contributed by atoms with van der Waals surface area (Å²) >= 11 is 0. The Bertz CT molecular complexity index is 3450. The SMILES string of the molecule is Cc1cc(N(c2ccc(C(C)(C)C)cc2)c2c(F)cc(-c3ccccc3)cc2-c2ccccc2)c2ccc3c(C)c4c(c5ccc1c2c35)c1ccccc1n4-c1ccccc1. The minimum absolute atomic E-state index is 0.0441. The molecular formula is C58H45FN2. The van der Waals surface area contributed by atoms with Crippen LogP contribution in [0, 0.1) is 19.7 Å². The van der Waals surface area contributed by atoms with Crippen molar-refractivity contribution in [2.75, 3.05) is 4.90 Å². The molecule has 0 bridgehead atoms. The molecule has 0 saturated heterocycles. The van der Waals surface area contributed by atoms with E-state index in [-0.39, 0.29) is 11.2 Å². The molecule has 2 nitrogen and oxygen atoms in total. The van der Waals surface area contributed by atoms with Crippen molar-refractivity contribution in [1.29, 1.82) is 0 Å². The molecule has 0 aliphatic heterocycles. The van der Waals surface area contributed by atoms with E-state index in [0.29, 0.717) is 5.69 Å². The lowest BCUT2D eigenvalue weighted by Gasteiger charge is -2.31. The zero-order valence-electron chi connectivity index (χ0n) is 35.1. The first-order valence-electron chi connectivity index (χ1n) is 21.2. The average molecular weight is 789 g/mol. The molecule has 0 radical (unpaired) electrons. The van der Waals surface area contributed by atoms with E-state index in [2.05, 4.69) is 171 Å². The van der Waals surface area contributed by atoms with Crippen LogP contribution in [0.25, 0.3) is 82.1 Å². The summed E-state index contributed by atoms with van der Waals surface area (Å²) < 4.78 is 20.2. The van der Waals surface area contributed by atoms with Crippen molar-refractivity contribution in [3.05, 3.63) is 204 Å². The molecule has 11 aromatic rings. The van der Waals surface area contributed by atoms with Crippen LogP contribution in [0.3, 0.4) is 0 Å². The van der Waals surface area contributed by atoms with Gasteiger partial charge in [-0.15, -0.1) is 0 Å². The average Bonchev–Trinajstić information content (AvgIpc) is 3.64. The second kappa shape index (κ2) is 13.9. The molecular weight excluding hydrogens is 744 g/mol. The van der Waals surface area contributed by atoms with E-state index in [0.717, 1.165) is 50.3 Å². The van der Waals surface area contributed by atoms with E-state index in [1.165, 1.54) is 59.9 Å². The van der Waals surface area contributed by atoms with Crippen molar-refractivity contribution in [2.45, 2.75) is 40.0 Å². The fraction of sp³-hybridized carbons (Fsp3) is 0.103. The molecule has 0 spiro atoms. The molecule has 0 saturated carbocycles. The molecule has 294 valence electrons. The predicted molar refractivity (Wildman–Crippen MR) is 258 cm³/mol. The first kappa shape index (κ1) is 36.8. The number of anilines is 3. The van der Waals surface area contributed by atoms with E-state index in [1.54, 1.807) is 6.07 Å². The lowest BCUT2D eigenvalue weighted by atomic mass is 9.86. The van der Waals surface area contributed by atoms with Crippen molar-refractivity contribution in [3.63, 3.8) is 0 Å². The Kier molecular flexibility index (Phi) is 8.41. The Hall–Kier alpha value is -7.23. The highest BCUT2D eigenvalue weighted by molar-refractivity contribution is 6.35. The molecule has 0 fully saturated rings. The second-order valence-corrected chi connectivity index (χ2v) is 17.5. The summed E-state index contributed by atoms with van der Waals surface area (Å²) in [5.74, 6) is -0.283. The van der Waals surface area contributed by atoms with Crippen LogP contribution in [-0.2, 0) is 5.41 Å². The number of fused-ring (bicyclic) bond motifs is 4. The summed E-state index contributed by atoms with van der Waals surface area (Å²) in [5.41, 5.74) is 13.1. The fourth-order valence-corrected chi connectivity index (χ4v) is 9.90. The normalized spacial score (nSPS) is 12.1. The fourth-order valence-electron chi connectivity index (χ4n) is 9.90. The molecule has 0 amide bonds. The van der Waals surface area contributed by atoms with Crippen LogP contribution in [-0.4, -0.2) is 4.57 Å². The summed E-state index contributed by atoms with van der Waals surface area (Å²) in [5, 5.41) is 9.65. The summed E-state index contributed by atoms with van der Waals surface area (Å²) in [7, 11) is 0. The zero-order chi connectivity index (χ0) is 41.6. The lowest BCUT2D eigenvalue weighted by Crippen LogP contribution is -2.16. The predicted octanol–water partition coefficient (Wildman–Crippen LogP) is 16.5. The van der Waals surface area contributed by atoms with Gasteiger partial charge in [0.15, 0.2) is 0 Å². The molecule has 0 unspecified atom stereocenters.